The Balaban J connectivity index is 2.01. The molecule has 14 heavy (non-hydrogen) atoms. The lowest BCUT2D eigenvalue weighted by Gasteiger charge is -2.10. The quantitative estimate of drug-likeness (QED) is 0.716. The SMILES string of the molecule is Cn1cc(NC(=O)C2(CN)CC2)cn1. The first-order chi connectivity index (χ1) is 6.66. The lowest BCUT2D eigenvalue weighted by Crippen LogP contribution is -2.30. The van der Waals surface area contributed by atoms with Crippen molar-refractivity contribution in [1.82, 2.24) is 9.78 Å². The van der Waals surface area contributed by atoms with Crippen LogP contribution < -0.4 is 11.1 Å². The number of nitrogens with two attached hydrogens (primary N) is 1. The van der Waals surface area contributed by atoms with Crippen LogP contribution in [0.3, 0.4) is 0 Å². The van der Waals surface area contributed by atoms with Crippen LogP contribution in [0.25, 0.3) is 0 Å². The van der Waals surface area contributed by atoms with Crippen LogP contribution in [0.2, 0.25) is 0 Å². The van der Waals surface area contributed by atoms with Gasteiger partial charge in [0.05, 0.1) is 17.3 Å². The van der Waals surface area contributed by atoms with Crippen molar-refractivity contribution in [3.8, 4) is 0 Å². The fourth-order valence-electron chi connectivity index (χ4n) is 1.42. The van der Waals surface area contributed by atoms with Gasteiger partial charge in [0.2, 0.25) is 5.91 Å². The molecule has 0 unspecified atom stereocenters. The molecule has 1 saturated carbocycles. The van der Waals surface area contributed by atoms with Gasteiger partial charge >= 0.3 is 0 Å². The number of hydrogen-bond donors (Lipinski definition) is 2. The number of aryl methyl sites for hydroxylation is 1. The molecule has 1 aromatic heterocycles. The fourth-order valence-corrected chi connectivity index (χ4v) is 1.42. The van der Waals surface area contributed by atoms with Crippen molar-refractivity contribution in [3.63, 3.8) is 0 Å². The highest BCUT2D eigenvalue weighted by Crippen LogP contribution is 2.45. The molecule has 1 fully saturated rings. The average Bonchev–Trinajstić information content (AvgIpc) is 2.87. The second-order valence-corrected chi connectivity index (χ2v) is 3.84. The number of nitrogens with zero attached hydrogens (tertiary/aromatic N) is 2. The van der Waals surface area contributed by atoms with Crippen molar-refractivity contribution in [2.45, 2.75) is 12.8 Å². The number of anilines is 1. The number of amides is 1. The minimum atomic E-state index is -0.296. The summed E-state index contributed by atoms with van der Waals surface area (Å²) in [5, 5.41) is 6.78. The molecule has 0 bridgehead atoms. The van der Waals surface area contributed by atoms with E-state index in [-0.39, 0.29) is 11.3 Å². The number of carbonyl (C=O) groups is 1. The third-order valence-electron chi connectivity index (χ3n) is 2.69. The van der Waals surface area contributed by atoms with Crippen molar-refractivity contribution >= 4 is 11.6 Å². The van der Waals surface area contributed by atoms with E-state index in [0.29, 0.717) is 6.54 Å². The van der Waals surface area contributed by atoms with E-state index in [0.717, 1.165) is 18.5 Å². The summed E-state index contributed by atoms with van der Waals surface area (Å²) >= 11 is 0. The molecule has 0 atom stereocenters. The molecule has 5 nitrogen and oxygen atoms in total. The van der Waals surface area contributed by atoms with Crippen LogP contribution >= 0.6 is 0 Å². The van der Waals surface area contributed by atoms with Gasteiger partial charge in [0.25, 0.3) is 0 Å². The smallest absolute Gasteiger partial charge is 0.231 e. The van der Waals surface area contributed by atoms with E-state index in [1.54, 1.807) is 17.1 Å². The molecule has 76 valence electrons. The number of aromatic nitrogens is 2. The van der Waals surface area contributed by atoms with Crippen LogP contribution in [0.5, 0.6) is 0 Å². The molecule has 2 rings (SSSR count). The normalized spacial score (nSPS) is 17.9. The molecular formula is C9H14N4O. The summed E-state index contributed by atoms with van der Waals surface area (Å²) in [6.07, 6.45) is 5.19. The number of rotatable bonds is 3. The second-order valence-electron chi connectivity index (χ2n) is 3.84. The fraction of sp³-hybridized carbons (Fsp3) is 0.556. The van der Waals surface area contributed by atoms with Crippen molar-refractivity contribution in [2.24, 2.45) is 18.2 Å². The molecular weight excluding hydrogens is 180 g/mol. The van der Waals surface area contributed by atoms with Crippen LogP contribution in [0, 0.1) is 5.41 Å². The zero-order valence-corrected chi connectivity index (χ0v) is 8.16. The monoisotopic (exact) mass is 194 g/mol. The average molecular weight is 194 g/mol. The number of carbonyl (C=O) groups excluding carboxylic acids is 1. The first-order valence-corrected chi connectivity index (χ1v) is 4.66. The molecule has 0 spiro atoms. The van der Waals surface area contributed by atoms with E-state index >= 15 is 0 Å². The Kier molecular flexibility index (Phi) is 2.03. The molecule has 1 heterocycles. The minimum Gasteiger partial charge on any atom is -0.329 e. The summed E-state index contributed by atoms with van der Waals surface area (Å²) in [5.41, 5.74) is 5.98. The zero-order chi connectivity index (χ0) is 10.2. The van der Waals surface area contributed by atoms with Gasteiger partial charge in [-0.25, -0.2) is 0 Å². The first kappa shape index (κ1) is 9.21. The zero-order valence-electron chi connectivity index (χ0n) is 8.16. The van der Waals surface area contributed by atoms with Gasteiger partial charge in [-0.15, -0.1) is 0 Å². The van der Waals surface area contributed by atoms with E-state index in [1.807, 2.05) is 7.05 Å². The molecule has 0 aliphatic heterocycles. The summed E-state index contributed by atoms with van der Waals surface area (Å²) in [7, 11) is 1.81. The molecule has 0 radical (unpaired) electrons. The Bertz CT molecular complexity index is 353. The lowest BCUT2D eigenvalue weighted by atomic mass is 10.1. The maximum atomic E-state index is 11.7. The summed E-state index contributed by atoms with van der Waals surface area (Å²) in [6.45, 7) is 0.430. The van der Waals surface area contributed by atoms with Crippen LogP contribution in [0.1, 0.15) is 12.8 Å². The largest absolute Gasteiger partial charge is 0.329 e. The lowest BCUT2D eigenvalue weighted by molar-refractivity contribution is -0.120. The predicted molar refractivity (Wildman–Crippen MR) is 52.6 cm³/mol. The van der Waals surface area contributed by atoms with Gasteiger partial charge < -0.3 is 11.1 Å². The summed E-state index contributed by atoms with van der Waals surface area (Å²) in [4.78, 5) is 11.7. The van der Waals surface area contributed by atoms with Crippen molar-refractivity contribution in [2.75, 3.05) is 11.9 Å². The molecule has 3 N–H and O–H groups in total. The first-order valence-electron chi connectivity index (χ1n) is 4.66. The summed E-state index contributed by atoms with van der Waals surface area (Å²) < 4.78 is 1.65. The number of hydrogen-bond acceptors (Lipinski definition) is 3. The van der Waals surface area contributed by atoms with Gasteiger partial charge in [-0.3, -0.25) is 9.48 Å². The maximum Gasteiger partial charge on any atom is 0.231 e. The highest BCUT2D eigenvalue weighted by molar-refractivity contribution is 5.97. The van der Waals surface area contributed by atoms with Crippen molar-refractivity contribution < 1.29 is 4.79 Å². The van der Waals surface area contributed by atoms with E-state index in [4.69, 9.17) is 5.73 Å². The topological polar surface area (TPSA) is 72.9 Å². The van der Waals surface area contributed by atoms with Crippen LogP contribution in [0.4, 0.5) is 5.69 Å². The molecule has 1 aromatic rings. The molecule has 1 aliphatic carbocycles. The van der Waals surface area contributed by atoms with Crippen LogP contribution in [-0.4, -0.2) is 22.2 Å². The van der Waals surface area contributed by atoms with Crippen LogP contribution in [0.15, 0.2) is 12.4 Å². The Morgan fingerprint density at radius 2 is 2.50 bits per heavy atom. The van der Waals surface area contributed by atoms with Gasteiger partial charge in [-0.2, -0.15) is 5.10 Å². The second kappa shape index (κ2) is 3.09. The van der Waals surface area contributed by atoms with E-state index in [9.17, 15) is 4.79 Å². The standard InChI is InChI=1S/C9H14N4O/c1-13-5-7(4-11-13)12-8(14)9(6-10)2-3-9/h4-5H,2-3,6,10H2,1H3,(H,12,14). The Morgan fingerprint density at radius 1 is 1.79 bits per heavy atom. The minimum absolute atomic E-state index is 0.0213. The molecule has 5 heteroatoms. The van der Waals surface area contributed by atoms with E-state index in [2.05, 4.69) is 10.4 Å². The molecule has 1 amide bonds. The summed E-state index contributed by atoms with van der Waals surface area (Å²) in [5.74, 6) is 0.0213. The van der Waals surface area contributed by atoms with E-state index < -0.39 is 0 Å². The van der Waals surface area contributed by atoms with Crippen molar-refractivity contribution in [3.05, 3.63) is 12.4 Å². The summed E-state index contributed by atoms with van der Waals surface area (Å²) in [6, 6.07) is 0. The van der Waals surface area contributed by atoms with Crippen molar-refractivity contribution in [1.29, 1.82) is 0 Å². The van der Waals surface area contributed by atoms with E-state index in [1.165, 1.54) is 0 Å². The predicted octanol–water partition coefficient (Wildman–Crippen LogP) is 0.0975. The van der Waals surface area contributed by atoms with Crippen LogP contribution in [-0.2, 0) is 11.8 Å². The Morgan fingerprint density at radius 3 is 2.93 bits per heavy atom. The van der Waals surface area contributed by atoms with Gasteiger partial charge in [-0.1, -0.05) is 0 Å². The van der Waals surface area contributed by atoms with Gasteiger partial charge in [-0.05, 0) is 12.8 Å². The number of nitrogens with one attached hydrogen (secondary N) is 1. The van der Waals surface area contributed by atoms with Gasteiger partial charge in [0.1, 0.15) is 0 Å². The highest BCUT2D eigenvalue weighted by Gasteiger charge is 2.48. The van der Waals surface area contributed by atoms with Gasteiger partial charge in [0, 0.05) is 19.8 Å². The highest BCUT2D eigenvalue weighted by atomic mass is 16.2. The Hall–Kier alpha value is -1.36. The third kappa shape index (κ3) is 1.50. The third-order valence-corrected chi connectivity index (χ3v) is 2.69. The Labute approximate surface area is 82.3 Å². The molecule has 1 aliphatic rings. The molecule has 0 saturated heterocycles. The molecule has 0 aromatic carbocycles. The maximum absolute atomic E-state index is 11.7. The van der Waals surface area contributed by atoms with Gasteiger partial charge in [0.15, 0.2) is 0 Å².